The molecule has 1 aliphatic rings. The summed E-state index contributed by atoms with van der Waals surface area (Å²) >= 11 is 1.47. The lowest BCUT2D eigenvalue weighted by Gasteiger charge is -2.30. The van der Waals surface area contributed by atoms with Crippen LogP contribution in [0.15, 0.2) is 57.9 Å². The van der Waals surface area contributed by atoms with E-state index in [9.17, 15) is 9.18 Å². The lowest BCUT2D eigenvalue weighted by molar-refractivity contribution is 0.0968. The number of para-hydroxylation sites is 1. The summed E-state index contributed by atoms with van der Waals surface area (Å²) in [5, 5.41) is 1.35. The maximum absolute atomic E-state index is 14.5. The highest BCUT2D eigenvalue weighted by Gasteiger charge is 2.32. The molecule has 2 heterocycles. The molecule has 0 bridgehead atoms. The Morgan fingerprint density at radius 3 is 2.82 bits per heavy atom. The van der Waals surface area contributed by atoms with Gasteiger partial charge in [0.15, 0.2) is 10.9 Å². The Hall–Kier alpha value is -2.31. The lowest BCUT2D eigenvalue weighted by atomic mass is 9.87. The summed E-state index contributed by atoms with van der Waals surface area (Å²) in [5.41, 5.74) is 7.02. The molecular weight excluding hydrogens is 399 g/mol. The molecule has 1 atom stereocenters. The zero-order valence-electron chi connectivity index (χ0n) is 15.3. The van der Waals surface area contributed by atoms with Crippen LogP contribution in [0.2, 0.25) is 0 Å². The number of ketones is 1. The van der Waals surface area contributed by atoms with Gasteiger partial charge in [-0.2, -0.15) is 0 Å². The van der Waals surface area contributed by atoms with Crippen LogP contribution in [0.1, 0.15) is 35.0 Å². The maximum Gasteiger partial charge on any atom is 0.202 e. The van der Waals surface area contributed by atoms with Crippen molar-refractivity contribution in [3.63, 3.8) is 0 Å². The van der Waals surface area contributed by atoms with E-state index >= 15 is 0 Å². The smallest absolute Gasteiger partial charge is 0.202 e. The Balaban J connectivity index is 0.00000225. The predicted octanol–water partition coefficient (Wildman–Crippen LogP) is 5.09. The largest absolute Gasteiger partial charge is 0.453 e. The zero-order chi connectivity index (χ0) is 19.0. The van der Waals surface area contributed by atoms with Crippen molar-refractivity contribution in [2.75, 3.05) is 5.75 Å². The van der Waals surface area contributed by atoms with E-state index in [1.807, 2.05) is 31.2 Å². The number of furan rings is 1. The molecule has 1 aromatic heterocycles. The average Bonchev–Trinajstić information content (AvgIpc) is 3.07. The number of halogens is 2. The SMILES string of the molecule is C[C@@]1(c2cc(CC(=O)c3cc4ccccc4o3)ccc2F)CCSC(N)=N1.Cl. The number of hydrogen-bond donors (Lipinski definition) is 1. The molecule has 0 radical (unpaired) electrons. The lowest BCUT2D eigenvalue weighted by Crippen LogP contribution is -2.29. The van der Waals surface area contributed by atoms with Crippen LogP contribution in [0.3, 0.4) is 0 Å². The number of aliphatic imine (C=N–C) groups is 1. The second kappa shape index (κ2) is 7.97. The van der Waals surface area contributed by atoms with Crippen LogP contribution in [-0.4, -0.2) is 16.7 Å². The zero-order valence-corrected chi connectivity index (χ0v) is 16.9. The number of carbonyl (C=O) groups excluding carboxylic acids is 1. The number of fused-ring (bicyclic) bond motifs is 1. The number of benzene rings is 2. The number of carbonyl (C=O) groups is 1. The molecule has 0 saturated heterocycles. The monoisotopic (exact) mass is 418 g/mol. The van der Waals surface area contributed by atoms with Gasteiger partial charge in [-0.25, -0.2) is 4.39 Å². The second-order valence-electron chi connectivity index (χ2n) is 6.88. The minimum Gasteiger partial charge on any atom is -0.453 e. The molecule has 1 aliphatic heterocycles. The first-order chi connectivity index (χ1) is 12.9. The van der Waals surface area contributed by atoms with E-state index in [-0.39, 0.29) is 30.4 Å². The summed E-state index contributed by atoms with van der Waals surface area (Å²) in [4.78, 5) is 17.1. The third kappa shape index (κ3) is 3.93. The van der Waals surface area contributed by atoms with Crippen molar-refractivity contribution in [1.82, 2.24) is 0 Å². The predicted molar refractivity (Wildman–Crippen MR) is 114 cm³/mol. The van der Waals surface area contributed by atoms with E-state index in [0.717, 1.165) is 16.7 Å². The first-order valence-electron chi connectivity index (χ1n) is 8.73. The van der Waals surface area contributed by atoms with E-state index in [1.54, 1.807) is 18.2 Å². The molecule has 0 fully saturated rings. The Bertz CT molecular complexity index is 1030. The molecule has 0 aliphatic carbocycles. The first-order valence-corrected chi connectivity index (χ1v) is 9.72. The van der Waals surface area contributed by atoms with Crippen molar-refractivity contribution in [2.24, 2.45) is 10.7 Å². The van der Waals surface area contributed by atoms with E-state index in [1.165, 1.54) is 17.8 Å². The summed E-state index contributed by atoms with van der Waals surface area (Å²) in [6.07, 6.45) is 0.827. The van der Waals surface area contributed by atoms with Crippen molar-refractivity contribution in [3.05, 3.63) is 71.2 Å². The quantitative estimate of drug-likeness (QED) is 0.599. The molecule has 2 aromatic carbocycles. The van der Waals surface area contributed by atoms with Gasteiger partial charge in [0.05, 0.1) is 5.54 Å². The maximum atomic E-state index is 14.5. The van der Waals surface area contributed by atoms with E-state index < -0.39 is 5.54 Å². The van der Waals surface area contributed by atoms with Crippen LogP contribution >= 0.6 is 24.2 Å². The first kappa shape index (κ1) is 20.4. The van der Waals surface area contributed by atoms with Gasteiger partial charge in [0.1, 0.15) is 11.4 Å². The molecule has 0 spiro atoms. The molecular formula is C21H20ClFN2O2S. The van der Waals surface area contributed by atoms with Crippen molar-refractivity contribution >= 4 is 46.1 Å². The van der Waals surface area contributed by atoms with Crippen LogP contribution in [0.4, 0.5) is 4.39 Å². The fourth-order valence-corrected chi connectivity index (χ4v) is 4.34. The number of nitrogens with zero attached hydrogens (tertiary/aromatic N) is 1. The third-order valence-electron chi connectivity index (χ3n) is 4.87. The van der Waals surface area contributed by atoms with Crippen LogP contribution in [0.25, 0.3) is 11.0 Å². The molecule has 28 heavy (non-hydrogen) atoms. The van der Waals surface area contributed by atoms with Crippen LogP contribution in [-0.2, 0) is 12.0 Å². The summed E-state index contributed by atoms with van der Waals surface area (Å²) in [5.74, 6) is 0.620. The number of thioether (sulfide) groups is 1. The number of amidine groups is 1. The van der Waals surface area contributed by atoms with Gasteiger partial charge in [0, 0.05) is 23.1 Å². The Morgan fingerprint density at radius 2 is 2.07 bits per heavy atom. The fourth-order valence-electron chi connectivity index (χ4n) is 3.37. The summed E-state index contributed by atoms with van der Waals surface area (Å²) < 4.78 is 20.1. The van der Waals surface area contributed by atoms with E-state index in [4.69, 9.17) is 10.2 Å². The summed E-state index contributed by atoms with van der Waals surface area (Å²) in [6, 6.07) is 14.0. The minimum atomic E-state index is -0.710. The van der Waals surface area contributed by atoms with Crippen molar-refractivity contribution in [2.45, 2.75) is 25.3 Å². The van der Waals surface area contributed by atoms with Gasteiger partial charge in [0.25, 0.3) is 0 Å². The Kier molecular flexibility index (Phi) is 5.82. The highest BCUT2D eigenvalue weighted by atomic mass is 35.5. The van der Waals surface area contributed by atoms with Crippen molar-refractivity contribution in [1.29, 1.82) is 0 Å². The molecule has 0 saturated carbocycles. The highest BCUT2D eigenvalue weighted by molar-refractivity contribution is 8.13. The van der Waals surface area contributed by atoms with Gasteiger partial charge in [-0.1, -0.05) is 36.0 Å². The minimum absolute atomic E-state index is 0. The van der Waals surface area contributed by atoms with Gasteiger partial charge in [0.2, 0.25) is 5.78 Å². The molecule has 2 N–H and O–H groups in total. The van der Waals surface area contributed by atoms with E-state index in [0.29, 0.717) is 28.5 Å². The molecule has 7 heteroatoms. The van der Waals surface area contributed by atoms with E-state index in [2.05, 4.69) is 4.99 Å². The second-order valence-corrected chi connectivity index (χ2v) is 8.00. The Morgan fingerprint density at radius 1 is 1.29 bits per heavy atom. The number of hydrogen-bond acceptors (Lipinski definition) is 5. The van der Waals surface area contributed by atoms with Gasteiger partial charge < -0.3 is 10.2 Å². The number of Topliss-reactive ketones (excluding diaryl/α,β-unsaturated/α-hetero) is 1. The van der Waals surface area contributed by atoms with Crippen LogP contribution in [0.5, 0.6) is 0 Å². The van der Waals surface area contributed by atoms with Crippen molar-refractivity contribution < 1.29 is 13.6 Å². The van der Waals surface area contributed by atoms with Crippen LogP contribution in [0, 0.1) is 5.82 Å². The van der Waals surface area contributed by atoms with Gasteiger partial charge in [-0.3, -0.25) is 9.79 Å². The van der Waals surface area contributed by atoms with Crippen molar-refractivity contribution in [3.8, 4) is 0 Å². The molecule has 0 amide bonds. The standard InChI is InChI=1S/C21H19FN2O2S.ClH/c1-21(8-9-27-20(23)24-21)15-10-13(6-7-16(15)22)11-17(25)19-12-14-4-2-3-5-18(14)26-19;/h2-7,10,12H,8-9,11H2,1H3,(H2,23,24);1H/t21-;/m0./s1. The molecule has 4 nitrogen and oxygen atoms in total. The summed E-state index contributed by atoms with van der Waals surface area (Å²) in [6.45, 7) is 1.88. The molecule has 3 aromatic rings. The number of rotatable bonds is 4. The van der Waals surface area contributed by atoms with Gasteiger partial charge in [-0.15, -0.1) is 12.4 Å². The number of nitrogens with two attached hydrogens (primary N) is 1. The summed E-state index contributed by atoms with van der Waals surface area (Å²) in [7, 11) is 0. The molecule has 0 unspecified atom stereocenters. The normalized spacial score (nSPS) is 19.1. The third-order valence-corrected chi connectivity index (χ3v) is 5.67. The molecule has 146 valence electrons. The van der Waals surface area contributed by atoms with Crippen LogP contribution < -0.4 is 5.73 Å². The highest BCUT2D eigenvalue weighted by Crippen LogP contribution is 2.37. The van der Waals surface area contributed by atoms with Gasteiger partial charge >= 0.3 is 0 Å². The average molecular weight is 419 g/mol. The topological polar surface area (TPSA) is 68.6 Å². The Labute approximate surface area is 172 Å². The molecule has 4 rings (SSSR count). The van der Waals surface area contributed by atoms with Gasteiger partial charge in [-0.05, 0) is 43.2 Å². The fraction of sp³-hybridized carbons (Fsp3) is 0.238.